The SMILES string of the molecule is Cc1ccc2c(ccn2/C(=C2\C(C(F)(F)F)=Cc3ccccc32)c2ccccc2)c1. The van der Waals surface area contributed by atoms with Crippen LogP contribution in [-0.4, -0.2) is 10.7 Å². The summed E-state index contributed by atoms with van der Waals surface area (Å²) in [5.74, 6) is 0. The molecule has 148 valence electrons. The van der Waals surface area contributed by atoms with Gasteiger partial charge in [-0.3, -0.25) is 0 Å². The minimum atomic E-state index is -4.46. The third-order valence-corrected chi connectivity index (χ3v) is 5.48. The number of benzene rings is 3. The Morgan fingerprint density at radius 1 is 0.833 bits per heavy atom. The van der Waals surface area contributed by atoms with E-state index in [0.717, 1.165) is 22.0 Å². The molecule has 0 bridgehead atoms. The van der Waals surface area contributed by atoms with Crippen LogP contribution in [0.15, 0.2) is 90.6 Å². The summed E-state index contributed by atoms with van der Waals surface area (Å²) in [5.41, 5.74) is 4.02. The molecule has 0 spiro atoms. The molecule has 4 heteroatoms. The summed E-state index contributed by atoms with van der Waals surface area (Å²) in [5, 5.41) is 0.993. The number of aromatic nitrogens is 1. The van der Waals surface area contributed by atoms with Crippen molar-refractivity contribution in [1.29, 1.82) is 0 Å². The van der Waals surface area contributed by atoms with Gasteiger partial charge in [-0.1, -0.05) is 66.2 Å². The van der Waals surface area contributed by atoms with Crippen LogP contribution in [0.5, 0.6) is 0 Å². The average Bonchev–Trinajstić information content (AvgIpc) is 3.31. The molecule has 3 aromatic carbocycles. The van der Waals surface area contributed by atoms with Crippen LogP contribution < -0.4 is 0 Å². The van der Waals surface area contributed by atoms with E-state index in [1.165, 1.54) is 6.08 Å². The first-order valence-corrected chi connectivity index (χ1v) is 9.70. The molecular weight excluding hydrogens is 383 g/mol. The largest absolute Gasteiger partial charge is 0.417 e. The van der Waals surface area contributed by atoms with Crippen LogP contribution in [0.25, 0.3) is 28.2 Å². The maximum Gasteiger partial charge on any atom is 0.417 e. The highest BCUT2D eigenvalue weighted by Crippen LogP contribution is 2.48. The monoisotopic (exact) mass is 401 g/mol. The maximum atomic E-state index is 14.1. The summed E-state index contributed by atoms with van der Waals surface area (Å²) in [6, 6.07) is 24.3. The Balaban J connectivity index is 1.91. The van der Waals surface area contributed by atoms with Crippen molar-refractivity contribution >= 4 is 28.2 Å². The van der Waals surface area contributed by atoms with Crippen molar-refractivity contribution in [2.45, 2.75) is 13.1 Å². The lowest BCUT2D eigenvalue weighted by Gasteiger charge is -2.20. The van der Waals surface area contributed by atoms with Crippen molar-refractivity contribution in [1.82, 2.24) is 4.57 Å². The molecular formula is C26H18F3N. The van der Waals surface area contributed by atoms with Crippen LogP contribution in [0.3, 0.4) is 0 Å². The van der Waals surface area contributed by atoms with Gasteiger partial charge < -0.3 is 4.57 Å². The molecule has 1 aliphatic carbocycles. The van der Waals surface area contributed by atoms with E-state index in [2.05, 4.69) is 0 Å². The third-order valence-electron chi connectivity index (χ3n) is 5.48. The minimum Gasteiger partial charge on any atom is -0.315 e. The Morgan fingerprint density at radius 2 is 1.57 bits per heavy atom. The molecule has 1 heterocycles. The van der Waals surface area contributed by atoms with E-state index in [-0.39, 0.29) is 5.57 Å². The van der Waals surface area contributed by atoms with Crippen LogP contribution in [-0.2, 0) is 0 Å². The van der Waals surface area contributed by atoms with Gasteiger partial charge in [0.25, 0.3) is 0 Å². The van der Waals surface area contributed by atoms with Crippen molar-refractivity contribution in [2.75, 3.05) is 0 Å². The Morgan fingerprint density at radius 3 is 2.33 bits per heavy atom. The van der Waals surface area contributed by atoms with Crippen LogP contribution in [0.1, 0.15) is 22.3 Å². The Hall–Kier alpha value is -3.53. The first-order chi connectivity index (χ1) is 14.4. The number of nitrogens with zero attached hydrogens (tertiary/aromatic N) is 1. The van der Waals surface area contributed by atoms with Gasteiger partial charge in [-0.05, 0) is 47.9 Å². The second-order valence-electron chi connectivity index (χ2n) is 7.48. The molecule has 0 saturated heterocycles. The molecule has 0 fully saturated rings. The molecule has 0 unspecified atom stereocenters. The number of alkyl halides is 3. The van der Waals surface area contributed by atoms with E-state index in [9.17, 15) is 13.2 Å². The maximum absolute atomic E-state index is 14.1. The fourth-order valence-electron chi connectivity index (χ4n) is 4.16. The molecule has 0 amide bonds. The van der Waals surface area contributed by atoms with Gasteiger partial charge in [0.1, 0.15) is 0 Å². The molecule has 0 saturated carbocycles. The van der Waals surface area contributed by atoms with E-state index < -0.39 is 11.7 Å². The summed E-state index contributed by atoms with van der Waals surface area (Å²) in [4.78, 5) is 0. The molecule has 1 aliphatic rings. The van der Waals surface area contributed by atoms with Gasteiger partial charge >= 0.3 is 6.18 Å². The van der Waals surface area contributed by atoms with Crippen molar-refractivity contribution in [3.63, 3.8) is 0 Å². The highest BCUT2D eigenvalue weighted by Gasteiger charge is 2.41. The zero-order valence-electron chi connectivity index (χ0n) is 16.2. The molecule has 1 nitrogen and oxygen atoms in total. The number of aryl methyl sites for hydroxylation is 1. The normalized spacial score (nSPS) is 15.3. The van der Waals surface area contributed by atoms with Gasteiger partial charge in [-0.2, -0.15) is 13.2 Å². The predicted octanol–water partition coefficient (Wildman–Crippen LogP) is 7.33. The number of rotatable bonds is 2. The van der Waals surface area contributed by atoms with Crippen molar-refractivity contribution in [2.24, 2.45) is 0 Å². The van der Waals surface area contributed by atoms with E-state index in [0.29, 0.717) is 16.8 Å². The lowest BCUT2D eigenvalue weighted by molar-refractivity contribution is -0.0859. The number of hydrogen-bond acceptors (Lipinski definition) is 0. The second-order valence-corrected chi connectivity index (χ2v) is 7.48. The van der Waals surface area contributed by atoms with Crippen molar-refractivity contribution in [3.8, 4) is 0 Å². The first kappa shape index (κ1) is 18.5. The standard InChI is InChI=1S/C26H18F3N/c1-17-11-12-23-20(15-17)13-14-30(23)25(18-7-3-2-4-8-18)24-21-10-6-5-9-19(21)16-22(24)26(27,28)29/h2-16H,1H3/b25-24-. The van der Waals surface area contributed by atoms with Gasteiger partial charge in [-0.15, -0.1) is 0 Å². The van der Waals surface area contributed by atoms with Gasteiger partial charge in [0.2, 0.25) is 0 Å². The van der Waals surface area contributed by atoms with E-state index >= 15 is 0 Å². The van der Waals surface area contributed by atoms with Gasteiger partial charge in [-0.25, -0.2) is 0 Å². The van der Waals surface area contributed by atoms with Gasteiger partial charge in [0, 0.05) is 17.2 Å². The lowest BCUT2D eigenvalue weighted by Crippen LogP contribution is -2.13. The first-order valence-electron chi connectivity index (χ1n) is 9.70. The lowest BCUT2D eigenvalue weighted by atomic mass is 9.96. The Bertz CT molecular complexity index is 1320. The smallest absolute Gasteiger partial charge is 0.315 e. The molecule has 0 atom stereocenters. The van der Waals surface area contributed by atoms with Crippen LogP contribution >= 0.6 is 0 Å². The van der Waals surface area contributed by atoms with Crippen molar-refractivity contribution < 1.29 is 13.2 Å². The fourth-order valence-corrected chi connectivity index (χ4v) is 4.16. The van der Waals surface area contributed by atoms with Crippen LogP contribution in [0.2, 0.25) is 0 Å². The summed E-state index contributed by atoms with van der Waals surface area (Å²) < 4.78 is 44.3. The number of fused-ring (bicyclic) bond motifs is 2. The van der Waals surface area contributed by atoms with Gasteiger partial charge in [0.05, 0.1) is 16.8 Å². The molecule has 5 rings (SSSR count). The molecule has 0 aliphatic heterocycles. The number of halogens is 3. The quantitative estimate of drug-likeness (QED) is 0.331. The van der Waals surface area contributed by atoms with E-state index in [1.807, 2.05) is 72.3 Å². The predicted molar refractivity (Wildman–Crippen MR) is 116 cm³/mol. The number of allylic oxidation sites excluding steroid dienone is 2. The Labute approximate surface area is 172 Å². The molecule has 4 aromatic rings. The zero-order valence-corrected chi connectivity index (χ0v) is 16.2. The minimum absolute atomic E-state index is 0.211. The average molecular weight is 401 g/mol. The topological polar surface area (TPSA) is 4.93 Å². The molecule has 1 aromatic heterocycles. The van der Waals surface area contributed by atoms with Gasteiger partial charge in [0.15, 0.2) is 0 Å². The van der Waals surface area contributed by atoms with Crippen molar-refractivity contribution in [3.05, 3.63) is 113 Å². The zero-order chi connectivity index (χ0) is 20.9. The number of hydrogen-bond donors (Lipinski definition) is 0. The van der Waals surface area contributed by atoms with E-state index in [4.69, 9.17) is 0 Å². The highest BCUT2D eigenvalue weighted by molar-refractivity contribution is 6.08. The summed E-state index contributed by atoms with van der Waals surface area (Å²) in [6.45, 7) is 2.01. The summed E-state index contributed by atoms with van der Waals surface area (Å²) in [7, 11) is 0. The highest BCUT2D eigenvalue weighted by atomic mass is 19.4. The molecule has 0 N–H and O–H groups in total. The second kappa shape index (κ2) is 6.77. The summed E-state index contributed by atoms with van der Waals surface area (Å²) in [6.07, 6.45) is -1.36. The van der Waals surface area contributed by atoms with Crippen LogP contribution in [0, 0.1) is 6.92 Å². The third kappa shape index (κ3) is 2.96. The van der Waals surface area contributed by atoms with Crippen LogP contribution in [0.4, 0.5) is 13.2 Å². The fraction of sp³-hybridized carbons (Fsp3) is 0.0769. The Kier molecular flexibility index (Phi) is 4.17. The van der Waals surface area contributed by atoms with E-state index in [1.54, 1.807) is 24.3 Å². The molecule has 0 radical (unpaired) electrons. The molecule has 30 heavy (non-hydrogen) atoms. The summed E-state index contributed by atoms with van der Waals surface area (Å²) >= 11 is 0.